The minimum atomic E-state index is -4.53. The van der Waals surface area contributed by atoms with Crippen molar-refractivity contribution in [2.75, 3.05) is 7.11 Å². The lowest BCUT2D eigenvalue weighted by atomic mass is 10.1. The van der Waals surface area contributed by atoms with Crippen LogP contribution in [0.3, 0.4) is 0 Å². The number of aryl methyl sites for hydroxylation is 1. The largest absolute Gasteiger partial charge is 0.493 e. The number of nitrogens with zero attached hydrogens (tertiary/aromatic N) is 2. The highest BCUT2D eigenvalue weighted by Gasteiger charge is 2.25. The van der Waals surface area contributed by atoms with Gasteiger partial charge in [-0.15, -0.1) is 0 Å². The molecule has 0 unspecified atom stereocenters. The molecule has 0 atom stereocenters. The van der Waals surface area contributed by atoms with E-state index in [4.69, 9.17) is 8.92 Å². The van der Waals surface area contributed by atoms with Crippen LogP contribution < -0.4 is 20.2 Å². The second-order valence-corrected chi connectivity index (χ2v) is 6.73. The molecule has 2 rings (SSSR count). The molecule has 2 aromatic rings. The Balaban J connectivity index is 2.56. The molecular formula is C15H16N2O7S. The quantitative estimate of drug-likeness (QED) is 0.542. The summed E-state index contributed by atoms with van der Waals surface area (Å²) in [5, 5.41) is 0. The molecule has 0 saturated carbocycles. The maximum atomic E-state index is 12.5. The molecule has 0 aliphatic heterocycles. The molecule has 1 heterocycles. The van der Waals surface area contributed by atoms with Crippen LogP contribution in [0.4, 0.5) is 0 Å². The third-order valence-electron chi connectivity index (χ3n) is 3.45. The maximum Gasteiger partial charge on any atom is 0.346 e. The lowest BCUT2D eigenvalue weighted by Gasteiger charge is -2.12. The molecule has 0 saturated heterocycles. The fourth-order valence-corrected chi connectivity index (χ4v) is 3.17. The van der Waals surface area contributed by atoms with Crippen molar-refractivity contribution in [1.82, 2.24) is 9.13 Å². The average molecular weight is 368 g/mol. The van der Waals surface area contributed by atoms with Gasteiger partial charge >= 0.3 is 15.8 Å². The van der Waals surface area contributed by atoms with E-state index in [2.05, 4.69) is 0 Å². The molecule has 0 radical (unpaired) electrons. The Morgan fingerprint density at radius 1 is 1.12 bits per heavy atom. The first-order valence-electron chi connectivity index (χ1n) is 6.98. The van der Waals surface area contributed by atoms with Gasteiger partial charge in [-0.05, 0) is 25.1 Å². The maximum absolute atomic E-state index is 12.5. The van der Waals surface area contributed by atoms with E-state index in [0.29, 0.717) is 10.1 Å². The monoisotopic (exact) mass is 368 g/mol. The molecule has 9 nitrogen and oxygen atoms in total. The van der Waals surface area contributed by atoms with E-state index < -0.39 is 26.3 Å². The Morgan fingerprint density at radius 2 is 1.76 bits per heavy atom. The summed E-state index contributed by atoms with van der Waals surface area (Å²) in [4.78, 5) is 34.5. The number of methoxy groups -OCH3 is 1. The lowest BCUT2D eigenvalue weighted by molar-refractivity contribution is 0.101. The molecule has 0 N–H and O–H groups in total. The van der Waals surface area contributed by atoms with Gasteiger partial charge in [0.1, 0.15) is 0 Å². The van der Waals surface area contributed by atoms with Gasteiger partial charge in [0, 0.05) is 25.9 Å². The zero-order chi connectivity index (χ0) is 18.9. The van der Waals surface area contributed by atoms with Crippen molar-refractivity contribution in [2.45, 2.75) is 11.8 Å². The number of carbonyl (C=O) groups is 1. The van der Waals surface area contributed by atoms with E-state index in [9.17, 15) is 22.8 Å². The predicted octanol–water partition coefficient (Wildman–Crippen LogP) is 0.0629. The summed E-state index contributed by atoms with van der Waals surface area (Å²) < 4.78 is 36.5. The summed E-state index contributed by atoms with van der Waals surface area (Å²) in [7, 11) is -0.780. The Morgan fingerprint density at radius 3 is 2.32 bits per heavy atom. The number of ether oxygens (including phenoxy) is 1. The fraction of sp³-hybridized carbons (Fsp3) is 0.267. The fourth-order valence-electron chi connectivity index (χ4n) is 2.07. The Kier molecular flexibility index (Phi) is 4.84. The first-order valence-corrected chi connectivity index (χ1v) is 8.39. The van der Waals surface area contributed by atoms with Crippen molar-refractivity contribution in [3.8, 4) is 11.5 Å². The summed E-state index contributed by atoms with van der Waals surface area (Å²) in [5.41, 5.74) is -1.38. The highest BCUT2D eigenvalue weighted by molar-refractivity contribution is 7.87. The third-order valence-corrected chi connectivity index (χ3v) is 4.67. The van der Waals surface area contributed by atoms with E-state index in [1.54, 1.807) is 0 Å². The van der Waals surface area contributed by atoms with Crippen molar-refractivity contribution in [3.05, 3.63) is 50.8 Å². The van der Waals surface area contributed by atoms with Crippen LogP contribution in [0.1, 0.15) is 17.3 Å². The molecule has 0 fully saturated rings. The Labute approximate surface area is 143 Å². The van der Waals surface area contributed by atoms with Crippen molar-refractivity contribution in [1.29, 1.82) is 0 Å². The highest BCUT2D eigenvalue weighted by atomic mass is 32.2. The smallest absolute Gasteiger partial charge is 0.346 e. The third kappa shape index (κ3) is 3.48. The normalized spacial score (nSPS) is 11.2. The minimum absolute atomic E-state index is 0.0120. The van der Waals surface area contributed by atoms with E-state index in [1.165, 1.54) is 39.3 Å². The lowest BCUT2D eigenvalue weighted by Crippen LogP contribution is -2.39. The molecule has 0 aliphatic carbocycles. The van der Waals surface area contributed by atoms with Gasteiger partial charge in [-0.3, -0.25) is 14.2 Å². The van der Waals surface area contributed by atoms with Crippen LogP contribution >= 0.6 is 0 Å². The van der Waals surface area contributed by atoms with Gasteiger partial charge in [-0.2, -0.15) is 8.42 Å². The van der Waals surface area contributed by atoms with Gasteiger partial charge in [-0.25, -0.2) is 4.79 Å². The average Bonchev–Trinajstić information content (AvgIpc) is 2.55. The van der Waals surface area contributed by atoms with E-state index in [-0.39, 0.29) is 17.3 Å². The predicted molar refractivity (Wildman–Crippen MR) is 87.7 cm³/mol. The summed E-state index contributed by atoms with van der Waals surface area (Å²) in [6.45, 7) is 1.35. The van der Waals surface area contributed by atoms with Crippen molar-refractivity contribution >= 4 is 15.9 Å². The van der Waals surface area contributed by atoms with Gasteiger partial charge in [-0.1, -0.05) is 0 Å². The van der Waals surface area contributed by atoms with Crippen LogP contribution in [0.25, 0.3) is 0 Å². The summed E-state index contributed by atoms with van der Waals surface area (Å²) in [6, 6.07) is 3.94. The number of rotatable bonds is 5. The molecular weight excluding hydrogens is 352 g/mol. The van der Waals surface area contributed by atoms with E-state index in [0.717, 1.165) is 17.8 Å². The molecule has 0 bridgehead atoms. The Hall–Kier alpha value is -2.88. The van der Waals surface area contributed by atoms with Crippen LogP contribution in [0, 0.1) is 0 Å². The van der Waals surface area contributed by atoms with Gasteiger partial charge in [0.05, 0.1) is 7.11 Å². The zero-order valence-electron chi connectivity index (χ0n) is 14.0. The van der Waals surface area contributed by atoms with Crippen LogP contribution in [0.2, 0.25) is 0 Å². The Bertz CT molecular complexity index is 1060. The van der Waals surface area contributed by atoms with Crippen LogP contribution in [0.15, 0.2) is 38.9 Å². The standard InChI is InChI=1S/C15H16N2O7S/c1-9(18)10-5-6-11(12(7-10)23-4)24-25(21,22)13-8-16(2)15(20)17(3)14(13)19/h5-8H,1-4H3. The van der Waals surface area contributed by atoms with Crippen LogP contribution in [-0.4, -0.2) is 30.4 Å². The molecule has 1 aromatic heterocycles. The summed E-state index contributed by atoms with van der Waals surface area (Å²) in [5.74, 6) is -0.416. The number of hydrogen-bond donors (Lipinski definition) is 0. The molecule has 0 spiro atoms. The topological polar surface area (TPSA) is 114 Å². The SMILES string of the molecule is COc1cc(C(C)=O)ccc1OS(=O)(=O)c1cn(C)c(=O)n(C)c1=O. The molecule has 25 heavy (non-hydrogen) atoms. The number of aromatic nitrogens is 2. The van der Waals surface area contributed by atoms with Crippen LogP contribution in [-0.2, 0) is 24.2 Å². The number of hydrogen-bond acceptors (Lipinski definition) is 7. The van der Waals surface area contributed by atoms with Gasteiger partial charge in [0.25, 0.3) is 5.56 Å². The van der Waals surface area contributed by atoms with Crippen molar-refractivity contribution < 1.29 is 22.1 Å². The van der Waals surface area contributed by atoms with Crippen molar-refractivity contribution in [2.24, 2.45) is 14.1 Å². The molecule has 0 aliphatic rings. The van der Waals surface area contributed by atoms with Gasteiger partial charge in [0.2, 0.25) is 0 Å². The number of benzene rings is 1. The number of Topliss-reactive ketones (excluding diaryl/α,β-unsaturated/α-hetero) is 1. The summed E-state index contributed by atoms with van der Waals surface area (Å²) >= 11 is 0. The second kappa shape index (κ2) is 6.55. The van der Waals surface area contributed by atoms with Gasteiger partial charge < -0.3 is 13.5 Å². The number of ketones is 1. The molecule has 1 aromatic carbocycles. The summed E-state index contributed by atoms with van der Waals surface area (Å²) in [6.07, 6.45) is 0.885. The van der Waals surface area contributed by atoms with Gasteiger partial charge in [0.15, 0.2) is 22.2 Å². The highest BCUT2D eigenvalue weighted by Crippen LogP contribution is 2.30. The molecule has 134 valence electrons. The minimum Gasteiger partial charge on any atom is -0.493 e. The van der Waals surface area contributed by atoms with E-state index in [1.807, 2.05) is 0 Å². The molecule has 10 heteroatoms. The van der Waals surface area contributed by atoms with Crippen LogP contribution in [0.5, 0.6) is 11.5 Å². The first kappa shape index (κ1) is 18.5. The zero-order valence-corrected chi connectivity index (χ0v) is 14.8. The number of carbonyl (C=O) groups excluding carboxylic acids is 1. The molecule has 0 amide bonds. The second-order valence-electron chi connectivity index (χ2n) is 5.21. The van der Waals surface area contributed by atoms with Crippen molar-refractivity contribution in [3.63, 3.8) is 0 Å². The first-order chi connectivity index (χ1) is 11.6. The van der Waals surface area contributed by atoms with E-state index >= 15 is 0 Å².